The third kappa shape index (κ3) is 1.86. The van der Waals surface area contributed by atoms with Crippen LogP contribution in [0.3, 0.4) is 0 Å². The highest BCUT2D eigenvalue weighted by molar-refractivity contribution is 5.81. The van der Waals surface area contributed by atoms with Gasteiger partial charge < -0.3 is 9.64 Å². The third-order valence-corrected chi connectivity index (χ3v) is 4.80. The molecule has 20 heavy (non-hydrogen) atoms. The maximum absolute atomic E-state index is 12.3. The van der Waals surface area contributed by atoms with E-state index in [4.69, 9.17) is 4.74 Å². The molecule has 3 heterocycles. The molecule has 106 valence electrons. The van der Waals surface area contributed by atoms with Crippen LogP contribution >= 0.6 is 0 Å². The summed E-state index contributed by atoms with van der Waals surface area (Å²) in [6, 6.07) is 8.67. The van der Waals surface area contributed by atoms with E-state index < -0.39 is 0 Å². The maximum atomic E-state index is 12.3. The molecule has 3 fully saturated rings. The zero-order valence-corrected chi connectivity index (χ0v) is 11.7. The van der Waals surface area contributed by atoms with E-state index in [0.717, 1.165) is 19.3 Å². The topological polar surface area (TPSA) is 41.6 Å². The van der Waals surface area contributed by atoms with Gasteiger partial charge in [-0.25, -0.2) is 0 Å². The van der Waals surface area contributed by atoms with Crippen LogP contribution in [0.2, 0.25) is 0 Å². The van der Waals surface area contributed by atoms with Crippen molar-refractivity contribution in [2.24, 2.45) is 0 Å². The van der Waals surface area contributed by atoms with Gasteiger partial charge in [-0.05, 0) is 31.7 Å². The van der Waals surface area contributed by atoms with E-state index in [0.29, 0.717) is 12.6 Å². The van der Waals surface area contributed by atoms with Gasteiger partial charge in [0.1, 0.15) is 6.17 Å². The summed E-state index contributed by atoms with van der Waals surface area (Å²) in [5.74, 6) is 0.206. The second-order valence-electron chi connectivity index (χ2n) is 6.18. The van der Waals surface area contributed by atoms with Crippen LogP contribution in [0.1, 0.15) is 36.6 Å². The highest BCUT2D eigenvalue weighted by Gasteiger charge is 2.48. The fourth-order valence-electron chi connectivity index (χ4n) is 3.92. The molecule has 1 amide bonds. The molecule has 4 nitrogen and oxygen atoms in total. The Labute approximate surface area is 119 Å². The molecule has 4 atom stereocenters. The van der Waals surface area contributed by atoms with Gasteiger partial charge in [-0.1, -0.05) is 29.8 Å². The third-order valence-electron chi connectivity index (χ3n) is 4.80. The summed E-state index contributed by atoms with van der Waals surface area (Å²) in [7, 11) is 0. The highest BCUT2D eigenvalue weighted by atomic mass is 16.5. The molecule has 2 bridgehead atoms. The Kier molecular flexibility index (Phi) is 2.82. The number of carbonyl (C=O) groups excluding carboxylic acids is 1. The number of benzene rings is 1. The van der Waals surface area contributed by atoms with Gasteiger partial charge in [-0.3, -0.25) is 10.1 Å². The molecule has 4 rings (SSSR count). The molecule has 3 aliphatic heterocycles. The van der Waals surface area contributed by atoms with Crippen LogP contribution in [0.4, 0.5) is 0 Å². The van der Waals surface area contributed by atoms with Gasteiger partial charge in [-0.2, -0.15) is 0 Å². The molecule has 0 aliphatic carbocycles. The molecule has 4 unspecified atom stereocenters. The van der Waals surface area contributed by atoms with Crippen molar-refractivity contribution in [1.82, 2.24) is 10.2 Å². The summed E-state index contributed by atoms with van der Waals surface area (Å²) < 4.78 is 5.93. The van der Waals surface area contributed by atoms with Crippen LogP contribution in [-0.2, 0) is 9.53 Å². The molecule has 3 aliphatic rings. The van der Waals surface area contributed by atoms with E-state index in [9.17, 15) is 4.79 Å². The van der Waals surface area contributed by atoms with Crippen molar-refractivity contribution in [3.8, 4) is 0 Å². The Balaban J connectivity index is 1.64. The van der Waals surface area contributed by atoms with Crippen molar-refractivity contribution in [2.75, 3.05) is 6.54 Å². The molecule has 1 N–H and O–H groups in total. The predicted octanol–water partition coefficient (Wildman–Crippen LogP) is 1.75. The second kappa shape index (κ2) is 4.57. The molecular weight excluding hydrogens is 252 g/mol. The molecule has 0 aromatic heterocycles. The summed E-state index contributed by atoms with van der Waals surface area (Å²) in [4.78, 5) is 14.4. The van der Waals surface area contributed by atoms with Crippen molar-refractivity contribution in [3.63, 3.8) is 0 Å². The summed E-state index contributed by atoms with van der Waals surface area (Å²) in [6.07, 6.45) is 3.88. The number of carbonyl (C=O) groups is 1. The first kappa shape index (κ1) is 12.4. The summed E-state index contributed by atoms with van der Waals surface area (Å²) >= 11 is 0. The molecule has 1 aromatic carbocycles. The van der Waals surface area contributed by atoms with Gasteiger partial charge in [0.2, 0.25) is 5.91 Å². The predicted molar refractivity (Wildman–Crippen MR) is 75.1 cm³/mol. The van der Waals surface area contributed by atoms with E-state index in [1.807, 2.05) is 4.90 Å². The fourth-order valence-corrected chi connectivity index (χ4v) is 3.92. The number of fused-ring (bicyclic) bond motifs is 2. The van der Waals surface area contributed by atoms with Gasteiger partial charge in [-0.15, -0.1) is 0 Å². The van der Waals surface area contributed by atoms with Crippen LogP contribution < -0.4 is 5.32 Å². The zero-order chi connectivity index (χ0) is 13.7. The van der Waals surface area contributed by atoms with E-state index in [-0.39, 0.29) is 24.2 Å². The first-order valence-corrected chi connectivity index (χ1v) is 7.49. The van der Waals surface area contributed by atoms with Crippen molar-refractivity contribution in [3.05, 3.63) is 35.4 Å². The number of hydrogen-bond donors (Lipinski definition) is 1. The number of nitrogens with one attached hydrogen (secondary N) is 1. The molecule has 3 saturated heterocycles. The first-order chi connectivity index (χ1) is 9.72. The molecule has 4 heteroatoms. The minimum absolute atomic E-state index is 0.00958. The van der Waals surface area contributed by atoms with E-state index >= 15 is 0 Å². The lowest BCUT2D eigenvalue weighted by Gasteiger charge is -2.34. The quantitative estimate of drug-likeness (QED) is 0.891. The fraction of sp³-hybridized carbons (Fsp3) is 0.562. The van der Waals surface area contributed by atoms with Crippen molar-refractivity contribution in [2.45, 2.75) is 50.6 Å². The molecular formula is C16H20N2O2. The number of aryl methyl sites for hydroxylation is 1. The van der Waals surface area contributed by atoms with Gasteiger partial charge >= 0.3 is 0 Å². The number of hydrogen-bond acceptors (Lipinski definition) is 3. The number of rotatable bonds is 2. The molecule has 0 spiro atoms. The lowest BCUT2D eigenvalue weighted by molar-refractivity contribution is -0.131. The SMILES string of the molecule is Cc1cccc(C2NCC(=O)N2C2CC3CCC2O3)c1. The monoisotopic (exact) mass is 272 g/mol. The van der Waals surface area contributed by atoms with Gasteiger partial charge in [0.05, 0.1) is 24.8 Å². The molecule has 0 radical (unpaired) electrons. The maximum Gasteiger partial charge on any atom is 0.238 e. The van der Waals surface area contributed by atoms with Crippen LogP contribution in [0.25, 0.3) is 0 Å². The van der Waals surface area contributed by atoms with E-state index in [1.165, 1.54) is 11.1 Å². The molecule has 0 saturated carbocycles. The van der Waals surface area contributed by atoms with Crippen LogP contribution in [-0.4, -0.2) is 35.6 Å². The van der Waals surface area contributed by atoms with Crippen LogP contribution in [0, 0.1) is 6.92 Å². The van der Waals surface area contributed by atoms with Crippen LogP contribution in [0.15, 0.2) is 24.3 Å². The van der Waals surface area contributed by atoms with Gasteiger partial charge in [0, 0.05) is 0 Å². The lowest BCUT2D eigenvalue weighted by atomic mass is 9.93. The first-order valence-electron chi connectivity index (χ1n) is 7.49. The summed E-state index contributed by atoms with van der Waals surface area (Å²) in [5, 5.41) is 3.36. The summed E-state index contributed by atoms with van der Waals surface area (Å²) in [6.45, 7) is 2.53. The zero-order valence-electron chi connectivity index (χ0n) is 11.7. The average Bonchev–Trinajstić information content (AvgIpc) is 3.13. The minimum atomic E-state index is 0.00958. The standard InChI is InChI=1S/C16H20N2O2/c1-10-3-2-4-11(7-10)16-17-9-15(19)18(16)13-8-12-5-6-14(13)20-12/h2-4,7,12-14,16-17H,5-6,8-9H2,1H3. The Bertz CT molecular complexity index is 545. The summed E-state index contributed by atoms with van der Waals surface area (Å²) in [5.41, 5.74) is 2.41. The van der Waals surface area contributed by atoms with Crippen LogP contribution in [0.5, 0.6) is 0 Å². The largest absolute Gasteiger partial charge is 0.373 e. The number of ether oxygens (including phenoxy) is 1. The Morgan fingerprint density at radius 3 is 2.95 bits per heavy atom. The normalized spacial score (nSPS) is 36.0. The number of amides is 1. The van der Waals surface area contributed by atoms with E-state index in [1.54, 1.807) is 0 Å². The van der Waals surface area contributed by atoms with Crippen molar-refractivity contribution >= 4 is 5.91 Å². The lowest BCUT2D eigenvalue weighted by Crippen LogP contribution is -2.45. The smallest absolute Gasteiger partial charge is 0.238 e. The Morgan fingerprint density at radius 2 is 2.25 bits per heavy atom. The Hall–Kier alpha value is -1.39. The molecule has 1 aromatic rings. The van der Waals surface area contributed by atoms with Gasteiger partial charge in [0.25, 0.3) is 0 Å². The minimum Gasteiger partial charge on any atom is -0.373 e. The Morgan fingerprint density at radius 1 is 1.35 bits per heavy atom. The van der Waals surface area contributed by atoms with Gasteiger partial charge in [0.15, 0.2) is 0 Å². The van der Waals surface area contributed by atoms with Crippen molar-refractivity contribution in [1.29, 1.82) is 0 Å². The second-order valence-corrected chi connectivity index (χ2v) is 6.18. The van der Waals surface area contributed by atoms with Crippen molar-refractivity contribution < 1.29 is 9.53 Å². The highest BCUT2D eigenvalue weighted by Crippen LogP contribution is 2.40. The van der Waals surface area contributed by atoms with E-state index in [2.05, 4.69) is 36.5 Å². The number of nitrogens with zero attached hydrogens (tertiary/aromatic N) is 1. The average molecular weight is 272 g/mol.